The quantitative estimate of drug-likeness (QED) is 0.483. The summed E-state index contributed by atoms with van der Waals surface area (Å²) < 4.78 is 0. The molecule has 5 N–H and O–H groups in total. The lowest BCUT2D eigenvalue weighted by Gasteiger charge is -2.14. The smallest absolute Gasteiger partial charge is 0.306 e. The average molecular weight is 276 g/mol. The molecule has 2 atom stereocenters. The summed E-state index contributed by atoms with van der Waals surface area (Å²) in [6.45, 7) is 0.549. The van der Waals surface area contributed by atoms with Crippen molar-refractivity contribution in [1.82, 2.24) is 0 Å². The van der Waals surface area contributed by atoms with Crippen molar-refractivity contribution < 1.29 is 14.7 Å². The summed E-state index contributed by atoms with van der Waals surface area (Å²) in [5.74, 6) is -0.872. The van der Waals surface area contributed by atoms with Gasteiger partial charge >= 0.3 is 5.97 Å². The largest absolute Gasteiger partial charge is 0.481 e. The highest BCUT2D eigenvalue weighted by molar-refractivity contribution is 7.98. The molecular weight excluding hydrogens is 252 g/mol. The van der Waals surface area contributed by atoms with Gasteiger partial charge in [0.25, 0.3) is 0 Å². The van der Waals surface area contributed by atoms with Crippen LogP contribution in [0.3, 0.4) is 0 Å². The fraction of sp³-hybridized carbons (Fsp3) is 0.833. The Bertz CT molecular complexity index is 262. The molecule has 0 bridgehead atoms. The van der Waals surface area contributed by atoms with Crippen LogP contribution in [0, 0.1) is 5.92 Å². The second-order valence-corrected chi connectivity index (χ2v) is 5.36. The molecule has 0 aromatic rings. The van der Waals surface area contributed by atoms with Crippen LogP contribution in [0.4, 0.5) is 0 Å². The Labute approximate surface area is 113 Å². The third kappa shape index (κ3) is 7.68. The van der Waals surface area contributed by atoms with E-state index < -0.39 is 17.9 Å². The standard InChI is InChI=1S/C12H24N2O3S/c1-18-7-5-10(14)11(15)8-9(12(16)17)4-2-3-6-13/h9-10H,2-8,13-14H2,1H3,(H,16,17). The summed E-state index contributed by atoms with van der Waals surface area (Å²) in [7, 11) is 0. The second kappa shape index (κ2) is 10.3. The van der Waals surface area contributed by atoms with Crippen molar-refractivity contribution in [1.29, 1.82) is 0 Å². The maximum atomic E-state index is 11.8. The first kappa shape index (κ1) is 17.4. The lowest BCUT2D eigenvalue weighted by atomic mass is 9.93. The van der Waals surface area contributed by atoms with Gasteiger partial charge in [-0.2, -0.15) is 11.8 Å². The third-order valence-corrected chi connectivity index (χ3v) is 3.49. The van der Waals surface area contributed by atoms with Gasteiger partial charge < -0.3 is 16.6 Å². The minimum Gasteiger partial charge on any atom is -0.481 e. The summed E-state index contributed by atoms with van der Waals surface area (Å²) in [6.07, 6.45) is 4.61. The lowest BCUT2D eigenvalue weighted by Crippen LogP contribution is -2.33. The molecule has 106 valence electrons. The Hall–Kier alpha value is -0.590. The normalized spacial score (nSPS) is 14.2. The van der Waals surface area contributed by atoms with Gasteiger partial charge in [-0.05, 0) is 37.8 Å². The van der Waals surface area contributed by atoms with Crippen LogP contribution in [0.5, 0.6) is 0 Å². The van der Waals surface area contributed by atoms with Crippen molar-refractivity contribution in [3.8, 4) is 0 Å². The van der Waals surface area contributed by atoms with Crippen LogP contribution >= 0.6 is 11.8 Å². The highest BCUT2D eigenvalue weighted by Crippen LogP contribution is 2.15. The summed E-state index contributed by atoms with van der Waals surface area (Å²) >= 11 is 1.63. The predicted molar refractivity (Wildman–Crippen MR) is 74.6 cm³/mol. The number of carboxylic acids is 1. The number of carboxylic acid groups (broad SMARTS) is 1. The number of unbranched alkanes of at least 4 members (excludes halogenated alkanes) is 1. The molecule has 0 spiro atoms. The van der Waals surface area contributed by atoms with Gasteiger partial charge in [-0.15, -0.1) is 0 Å². The molecule has 0 aromatic heterocycles. The number of hydrogen-bond donors (Lipinski definition) is 3. The Morgan fingerprint density at radius 1 is 1.28 bits per heavy atom. The van der Waals surface area contributed by atoms with E-state index in [1.54, 1.807) is 11.8 Å². The molecule has 0 saturated heterocycles. The van der Waals surface area contributed by atoms with Crippen molar-refractivity contribution in [2.45, 2.75) is 38.1 Å². The Kier molecular flexibility index (Phi) is 10.0. The zero-order valence-corrected chi connectivity index (χ0v) is 11.7. The zero-order valence-electron chi connectivity index (χ0n) is 10.9. The van der Waals surface area contributed by atoms with E-state index in [9.17, 15) is 9.59 Å². The summed E-state index contributed by atoms with van der Waals surface area (Å²) in [5.41, 5.74) is 11.1. The molecule has 0 fully saturated rings. The van der Waals surface area contributed by atoms with Crippen LogP contribution < -0.4 is 11.5 Å². The number of hydrogen-bond acceptors (Lipinski definition) is 5. The second-order valence-electron chi connectivity index (χ2n) is 4.38. The number of carbonyl (C=O) groups excluding carboxylic acids is 1. The van der Waals surface area contributed by atoms with Gasteiger partial charge in [0.05, 0.1) is 12.0 Å². The fourth-order valence-corrected chi connectivity index (χ4v) is 2.14. The maximum Gasteiger partial charge on any atom is 0.306 e. The molecule has 0 aliphatic rings. The van der Waals surface area contributed by atoms with Crippen molar-refractivity contribution in [2.75, 3.05) is 18.6 Å². The number of carbonyl (C=O) groups is 2. The monoisotopic (exact) mass is 276 g/mol. The van der Waals surface area contributed by atoms with E-state index in [-0.39, 0.29) is 12.2 Å². The van der Waals surface area contributed by atoms with Crippen LogP contribution in [0.2, 0.25) is 0 Å². The third-order valence-electron chi connectivity index (χ3n) is 2.85. The molecule has 0 rings (SSSR count). The number of rotatable bonds is 11. The van der Waals surface area contributed by atoms with Crippen molar-refractivity contribution in [2.24, 2.45) is 17.4 Å². The average Bonchev–Trinajstić information content (AvgIpc) is 2.34. The van der Waals surface area contributed by atoms with E-state index in [4.69, 9.17) is 16.6 Å². The predicted octanol–water partition coefficient (Wildman–Crippen LogP) is 0.856. The first-order chi connectivity index (χ1) is 8.52. The van der Waals surface area contributed by atoms with Gasteiger partial charge in [-0.1, -0.05) is 6.42 Å². The summed E-state index contributed by atoms with van der Waals surface area (Å²) in [5, 5.41) is 9.05. The number of ketones is 1. The minimum absolute atomic E-state index is 0.0372. The van der Waals surface area contributed by atoms with E-state index in [1.807, 2.05) is 6.26 Å². The molecule has 5 nitrogen and oxygen atoms in total. The van der Waals surface area contributed by atoms with E-state index in [0.717, 1.165) is 18.6 Å². The molecule has 0 aliphatic heterocycles. The van der Waals surface area contributed by atoms with Gasteiger partial charge in [-0.3, -0.25) is 9.59 Å². The molecule has 6 heteroatoms. The Morgan fingerprint density at radius 3 is 2.44 bits per heavy atom. The van der Waals surface area contributed by atoms with E-state index >= 15 is 0 Å². The topological polar surface area (TPSA) is 106 Å². The van der Waals surface area contributed by atoms with Crippen LogP contribution in [-0.4, -0.2) is 41.5 Å². The van der Waals surface area contributed by atoms with Crippen molar-refractivity contribution >= 4 is 23.5 Å². The maximum absolute atomic E-state index is 11.8. The van der Waals surface area contributed by atoms with Crippen molar-refractivity contribution in [3.63, 3.8) is 0 Å². The number of thioether (sulfide) groups is 1. The summed E-state index contributed by atoms with van der Waals surface area (Å²) in [4.78, 5) is 22.8. The van der Waals surface area contributed by atoms with Crippen LogP contribution in [0.15, 0.2) is 0 Å². The molecule has 0 saturated carbocycles. The molecule has 2 unspecified atom stereocenters. The number of nitrogens with two attached hydrogens (primary N) is 2. The van der Waals surface area contributed by atoms with E-state index in [2.05, 4.69) is 0 Å². The van der Waals surface area contributed by atoms with Crippen LogP contribution in [0.25, 0.3) is 0 Å². The van der Waals surface area contributed by atoms with Gasteiger partial charge in [-0.25, -0.2) is 0 Å². The van der Waals surface area contributed by atoms with E-state index in [0.29, 0.717) is 19.4 Å². The van der Waals surface area contributed by atoms with Gasteiger partial charge in [0, 0.05) is 6.42 Å². The molecule has 0 radical (unpaired) electrons. The molecule has 0 aromatic carbocycles. The highest BCUT2D eigenvalue weighted by Gasteiger charge is 2.23. The van der Waals surface area contributed by atoms with Gasteiger partial charge in [0.1, 0.15) is 5.78 Å². The number of aliphatic carboxylic acids is 1. The molecule has 0 aliphatic carbocycles. The Morgan fingerprint density at radius 2 is 1.94 bits per heavy atom. The zero-order chi connectivity index (χ0) is 14.0. The first-order valence-corrected chi connectivity index (χ1v) is 7.62. The first-order valence-electron chi connectivity index (χ1n) is 6.23. The van der Waals surface area contributed by atoms with E-state index in [1.165, 1.54) is 0 Å². The summed E-state index contributed by atoms with van der Waals surface area (Å²) in [6, 6.07) is -0.534. The molecular formula is C12H24N2O3S. The van der Waals surface area contributed by atoms with Gasteiger partial charge in [0.2, 0.25) is 0 Å². The minimum atomic E-state index is -0.919. The van der Waals surface area contributed by atoms with Gasteiger partial charge in [0.15, 0.2) is 0 Å². The molecule has 18 heavy (non-hydrogen) atoms. The van der Waals surface area contributed by atoms with Crippen LogP contribution in [0.1, 0.15) is 32.1 Å². The van der Waals surface area contributed by atoms with Crippen molar-refractivity contribution in [3.05, 3.63) is 0 Å². The molecule has 0 amide bonds. The SMILES string of the molecule is CSCCC(N)C(=O)CC(CCCCN)C(=O)O. The Balaban J connectivity index is 4.14. The lowest BCUT2D eigenvalue weighted by molar-refractivity contribution is -0.144. The number of Topliss-reactive ketones (excluding diaryl/α,β-unsaturated/α-hetero) is 1. The van der Waals surface area contributed by atoms with Crippen LogP contribution in [-0.2, 0) is 9.59 Å². The fourth-order valence-electron chi connectivity index (χ4n) is 1.65. The molecule has 0 heterocycles. The highest BCUT2D eigenvalue weighted by atomic mass is 32.2.